The van der Waals surface area contributed by atoms with Crippen LogP contribution in [0.4, 0.5) is 0 Å². The Kier molecular flexibility index (Phi) is 5.56. The van der Waals surface area contributed by atoms with Crippen LogP contribution in [0.5, 0.6) is 0 Å². The number of nitrogens with zero attached hydrogens (tertiary/aromatic N) is 2. The first kappa shape index (κ1) is 16.6. The summed E-state index contributed by atoms with van der Waals surface area (Å²) in [5, 5.41) is 12.7. The number of benzene rings is 1. The standard InChI is InChI=1S/C19H23N3O2/c23-14-16-11-22(12-17-8-4-5-9-20-17)13-18(16)21-19(24)10-15-6-2-1-3-7-15/h1-9,16,18,23H,10-14H2,(H,21,24). The molecule has 0 saturated carbocycles. The smallest absolute Gasteiger partial charge is 0.224 e. The van der Waals surface area contributed by atoms with Crippen molar-refractivity contribution < 1.29 is 9.90 Å². The lowest BCUT2D eigenvalue weighted by atomic mass is 10.0. The maximum Gasteiger partial charge on any atom is 0.224 e. The topological polar surface area (TPSA) is 65.5 Å². The number of aliphatic hydroxyl groups excluding tert-OH is 1. The van der Waals surface area contributed by atoms with Gasteiger partial charge in [-0.05, 0) is 17.7 Å². The lowest BCUT2D eigenvalue weighted by molar-refractivity contribution is -0.121. The van der Waals surface area contributed by atoms with Gasteiger partial charge in [0.15, 0.2) is 0 Å². The summed E-state index contributed by atoms with van der Waals surface area (Å²) in [4.78, 5) is 18.8. The van der Waals surface area contributed by atoms with Crippen molar-refractivity contribution in [1.29, 1.82) is 0 Å². The SMILES string of the molecule is O=C(Cc1ccccc1)NC1CN(Cc2ccccn2)CC1CO. The molecule has 2 aromatic rings. The number of aliphatic hydroxyl groups is 1. The number of rotatable bonds is 6. The van der Waals surface area contributed by atoms with Crippen LogP contribution in [0.2, 0.25) is 0 Å². The lowest BCUT2D eigenvalue weighted by Crippen LogP contribution is -2.42. The first-order chi connectivity index (χ1) is 11.7. The van der Waals surface area contributed by atoms with Crippen LogP contribution >= 0.6 is 0 Å². The fourth-order valence-electron chi connectivity index (χ4n) is 3.20. The number of nitrogens with one attached hydrogen (secondary N) is 1. The summed E-state index contributed by atoms with van der Waals surface area (Å²) >= 11 is 0. The molecule has 1 fully saturated rings. The molecule has 0 aliphatic carbocycles. The van der Waals surface area contributed by atoms with Crippen LogP contribution in [0.25, 0.3) is 0 Å². The number of likely N-dealkylation sites (tertiary alicyclic amines) is 1. The van der Waals surface area contributed by atoms with Crippen molar-refractivity contribution in [1.82, 2.24) is 15.2 Å². The number of amides is 1. The van der Waals surface area contributed by atoms with Crippen molar-refractivity contribution in [2.75, 3.05) is 19.7 Å². The third kappa shape index (κ3) is 4.40. The van der Waals surface area contributed by atoms with Gasteiger partial charge in [-0.2, -0.15) is 0 Å². The molecule has 1 aromatic carbocycles. The Bertz CT molecular complexity index is 648. The van der Waals surface area contributed by atoms with Crippen LogP contribution in [0.1, 0.15) is 11.3 Å². The Labute approximate surface area is 142 Å². The summed E-state index contributed by atoms with van der Waals surface area (Å²) in [6.45, 7) is 2.32. The minimum Gasteiger partial charge on any atom is -0.396 e. The van der Waals surface area contributed by atoms with Crippen LogP contribution in [0.3, 0.4) is 0 Å². The Morgan fingerprint density at radius 3 is 2.67 bits per heavy atom. The Balaban J connectivity index is 1.55. The molecule has 1 amide bonds. The molecule has 2 N–H and O–H groups in total. The van der Waals surface area contributed by atoms with Crippen LogP contribution in [-0.2, 0) is 17.8 Å². The summed E-state index contributed by atoms with van der Waals surface area (Å²) in [6, 6.07) is 15.6. The molecule has 2 heterocycles. The zero-order chi connectivity index (χ0) is 16.8. The number of carbonyl (C=O) groups excluding carboxylic acids is 1. The van der Waals surface area contributed by atoms with E-state index < -0.39 is 0 Å². The summed E-state index contributed by atoms with van der Waals surface area (Å²) in [7, 11) is 0. The average molecular weight is 325 g/mol. The van der Waals surface area contributed by atoms with Crippen LogP contribution in [0.15, 0.2) is 54.7 Å². The molecule has 5 heteroatoms. The van der Waals surface area contributed by atoms with Gasteiger partial charge in [-0.15, -0.1) is 0 Å². The Morgan fingerprint density at radius 2 is 1.96 bits per heavy atom. The minimum atomic E-state index is -0.0186. The van der Waals surface area contributed by atoms with E-state index in [1.54, 1.807) is 6.20 Å². The summed E-state index contributed by atoms with van der Waals surface area (Å²) in [5.74, 6) is 0.0674. The molecule has 5 nitrogen and oxygen atoms in total. The van der Waals surface area contributed by atoms with Gasteiger partial charge in [0, 0.05) is 44.4 Å². The molecule has 126 valence electrons. The van der Waals surface area contributed by atoms with E-state index in [1.807, 2.05) is 48.5 Å². The second-order valence-electron chi connectivity index (χ2n) is 6.29. The molecule has 2 atom stereocenters. The molecule has 0 spiro atoms. The van der Waals surface area contributed by atoms with E-state index >= 15 is 0 Å². The van der Waals surface area contributed by atoms with Crippen LogP contribution in [0, 0.1) is 5.92 Å². The first-order valence-electron chi connectivity index (χ1n) is 8.31. The lowest BCUT2D eigenvalue weighted by Gasteiger charge is -2.18. The minimum absolute atomic E-state index is 0.00401. The van der Waals surface area contributed by atoms with E-state index in [2.05, 4.69) is 15.2 Å². The third-order valence-corrected chi connectivity index (χ3v) is 4.42. The molecule has 1 aliphatic heterocycles. The van der Waals surface area contributed by atoms with Gasteiger partial charge < -0.3 is 10.4 Å². The number of aromatic nitrogens is 1. The number of hydrogen-bond acceptors (Lipinski definition) is 4. The summed E-state index contributed by atoms with van der Waals surface area (Å²) in [5.41, 5.74) is 2.00. The molecule has 1 aromatic heterocycles. The van der Waals surface area contributed by atoms with Gasteiger partial charge >= 0.3 is 0 Å². The molecule has 24 heavy (non-hydrogen) atoms. The molecular weight excluding hydrogens is 302 g/mol. The second-order valence-corrected chi connectivity index (χ2v) is 6.29. The van der Waals surface area contributed by atoms with Gasteiger partial charge in [0.1, 0.15) is 0 Å². The molecule has 3 rings (SSSR count). The van der Waals surface area contributed by atoms with Crippen molar-refractivity contribution in [3.05, 3.63) is 66.0 Å². The van der Waals surface area contributed by atoms with E-state index in [9.17, 15) is 9.90 Å². The van der Waals surface area contributed by atoms with Gasteiger partial charge in [-0.25, -0.2) is 0 Å². The normalized spacial score (nSPS) is 20.9. The van der Waals surface area contributed by atoms with E-state index in [1.165, 1.54) is 0 Å². The van der Waals surface area contributed by atoms with Crippen molar-refractivity contribution in [3.63, 3.8) is 0 Å². The quantitative estimate of drug-likeness (QED) is 0.838. The van der Waals surface area contributed by atoms with E-state index in [4.69, 9.17) is 0 Å². The van der Waals surface area contributed by atoms with Crippen LogP contribution < -0.4 is 5.32 Å². The number of hydrogen-bond donors (Lipinski definition) is 2. The highest BCUT2D eigenvalue weighted by atomic mass is 16.3. The molecule has 1 saturated heterocycles. The highest BCUT2D eigenvalue weighted by Crippen LogP contribution is 2.18. The fraction of sp³-hybridized carbons (Fsp3) is 0.368. The number of pyridine rings is 1. The van der Waals surface area contributed by atoms with Gasteiger partial charge in [0.05, 0.1) is 12.1 Å². The highest BCUT2D eigenvalue weighted by molar-refractivity contribution is 5.78. The van der Waals surface area contributed by atoms with Gasteiger partial charge in [-0.3, -0.25) is 14.7 Å². The fourth-order valence-corrected chi connectivity index (χ4v) is 3.20. The Morgan fingerprint density at radius 1 is 1.17 bits per heavy atom. The zero-order valence-corrected chi connectivity index (χ0v) is 13.6. The van der Waals surface area contributed by atoms with Gasteiger partial charge in [0.2, 0.25) is 5.91 Å². The predicted molar refractivity (Wildman–Crippen MR) is 92.2 cm³/mol. The van der Waals surface area contributed by atoms with Gasteiger partial charge in [0.25, 0.3) is 0 Å². The van der Waals surface area contributed by atoms with Crippen molar-refractivity contribution in [2.24, 2.45) is 5.92 Å². The average Bonchev–Trinajstić information content (AvgIpc) is 2.98. The molecule has 1 aliphatic rings. The first-order valence-corrected chi connectivity index (χ1v) is 8.31. The molecule has 0 radical (unpaired) electrons. The Hall–Kier alpha value is -2.24. The summed E-state index contributed by atoms with van der Waals surface area (Å²) < 4.78 is 0. The van der Waals surface area contributed by atoms with E-state index in [0.29, 0.717) is 6.42 Å². The van der Waals surface area contributed by atoms with E-state index in [0.717, 1.165) is 30.9 Å². The predicted octanol–water partition coefficient (Wildman–Crippen LogP) is 1.23. The highest BCUT2D eigenvalue weighted by Gasteiger charge is 2.33. The number of carbonyl (C=O) groups is 1. The zero-order valence-electron chi connectivity index (χ0n) is 13.6. The van der Waals surface area contributed by atoms with E-state index in [-0.39, 0.29) is 24.5 Å². The summed E-state index contributed by atoms with van der Waals surface area (Å²) in [6.07, 6.45) is 2.16. The molecule has 2 unspecified atom stereocenters. The molecular formula is C19H23N3O2. The molecule has 0 bridgehead atoms. The van der Waals surface area contributed by atoms with Gasteiger partial charge in [-0.1, -0.05) is 36.4 Å². The van der Waals surface area contributed by atoms with Crippen molar-refractivity contribution >= 4 is 5.91 Å². The van der Waals surface area contributed by atoms with Crippen molar-refractivity contribution in [2.45, 2.75) is 19.0 Å². The van der Waals surface area contributed by atoms with Crippen molar-refractivity contribution in [3.8, 4) is 0 Å². The van der Waals surface area contributed by atoms with Crippen LogP contribution in [-0.4, -0.2) is 46.6 Å². The third-order valence-electron chi connectivity index (χ3n) is 4.42. The largest absolute Gasteiger partial charge is 0.396 e. The maximum absolute atomic E-state index is 12.3. The monoisotopic (exact) mass is 325 g/mol. The second kappa shape index (κ2) is 8.04. The maximum atomic E-state index is 12.3.